The Hall–Kier alpha value is -1.51. The first-order chi connectivity index (χ1) is 9.58. The first-order valence-electron chi connectivity index (χ1n) is 7.56. The largest absolute Gasteiger partial charge is 0.483 e. The molecule has 2 rings (SSSR count). The Balaban J connectivity index is 1.86. The van der Waals surface area contributed by atoms with Gasteiger partial charge in [0, 0.05) is 6.04 Å². The topological polar surface area (TPSA) is 38.3 Å². The average Bonchev–Trinajstić information content (AvgIpc) is 2.41. The standard InChI is InChI=1S/C17H25NO2/c1-12-7-4-5-10-15(12)18-16(19)11-20-17-13(2)8-6-9-14(17)3/h6,8-9,12,15H,4-5,7,10-11H2,1-3H3,(H,18,19)/t12-,15+/m0/s1. The van der Waals surface area contributed by atoms with Gasteiger partial charge in [0.05, 0.1) is 0 Å². The zero-order valence-electron chi connectivity index (χ0n) is 12.7. The lowest BCUT2D eigenvalue weighted by atomic mass is 9.86. The number of benzene rings is 1. The maximum Gasteiger partial charge on any atom is 0.258 e. The molecule has 1 aromatic rings. The zero-order valence-corrected chi connectivity index (χ0v) is 12.7. The highest BCUT2D eigenvalue weighted by Gasteiger charge is 2.22. The van der Waals surface area contributed by atoms with Crippen LogP contribution in [0, 0.1) is 19.8 Å². The van der Waals surface area contributed by atoms with Crippen molar-refractivity contribution >= 4 is 5.91 Å². The van der Waals surface area contributed by atoms with Crippen molar-refractivity contribution in [1.82, 2.24) is 5.32 Å². The van der Waals surface area contributed by atoms with E-state index in [0.29, 0.717) is 12.0 Å². The summed E-state index contributed by atoms with van der Waals surface area (Å²) in [5, 5.41) is 3.11. The first kappa shape index (κ1) is 14.9. The van der Waals surface area contributed by atoms with Gasteiger partial charge in [0.1, 0.15) is 5.75 Å². The summed E-state index contributed by atoms with van der Waals surface area (Å²) < 4.78 is 5.69. The fraction of sp³-hybridized carbons (Fsp3) is 0.588. The summed E-state index contributed by atoms with van der Waals surface area (Å²) in [7, 11) is 0. The normalized spacial score (nSPS) is 22.4. The van der Waals surface area contributed by atoms with E-state index >= 15 is 0 Å². The molecule has 3 nitrogen and oxygen atoms in total. The summed E-state index contributed by atoms with van der Waals surface area (Å²) in [4.78, 5) is 12.0. The molecule has 1 aromatic carbocycles. The van der Waals surface area contributed by atoms with Gasteiger partial charge in [-0.2, -0.15) is 0 Å². The molecule has 0 aromatic heterocycles. The van der Waals surface area contributed by atoms with Gasteiger partial charge >= 0.3 is 0 Å². The van der Waals surface area contributed by atoms with E-state index in [1.165, 1.54) is 19.3 Å². The first-order valence-corrected chi connectivity index (χ1v) is 7.56. The SMILES string of the molecule is Cc1cccc(C)c1OCC(=O)N[C@@H]1CCCC[C@@H]1C. The highest BCUT2D eigenvalue weighted by molar-refractivity contribution is 5.78. The van der Waals surface area contributed by atoms with E-state index in [1.54, 1.807) is 0 Å². The molecule has 0 heterocycles. The van der Waals surface area contributed by atoms with Crippen molar-refractivity contribution in [2.45, 2.75) is 52.5 Å². The number of amides is 1. The number of carbonyl (C=O) groups excluding carboxylic acids is 1. The van der Waals surface area contributed by atoms with Crippen molar-refractivity contribution in [3.8, 4) is 5.75 Å². The molecule has 1 saturated carbocycles. The predicted octanol–water partition coefficient (Wildman–Crippen LogP) is 3.38. The summed E-state index contributed by atoms with van der Waals surface area (Å²) in [6.07, 6.45) is 4.80. The van der Waals surface area contributed by atoms with Gasteiger partial charge < -0.3 is 10.1 Å². The summed E-state index contributed by atoms with van der Waals surface area (Å²) in [5.74, 6) is 1.40. The van der Waals surface area contributed by atoms with Crippen molar-refractivity contribution in [3.05, 3.63) is 29.3 Å². The van der Waals surface area contributed by atoms with E-state index in [9.17, 15) is 4.79 Å². The lowest BCUT2D eigenvalue weighted by Gasteiger charge is -2.29. The third-order valence-electron chi connectivity index (χ3n) is 4.21. The van der Waals surface area contributed by atoms with Crippen LogP contribution in [0.4, 0.5) is 0 Å². The second-order valence-corrected chi connectivity index (χ2v) is 5.95. The van der Waals surface area contributed by atoms with Gasteiger partial charge in [-0.05, 0) is 43.7 Å². The van der Waals surface area contributed by atoms with Crippen LogP contribution < -0.4 is 10.1 Å². The maximum absolute atomic E-state index is 12.0. The van der Waals surface area contributed by atoms with Crippen LogP contribution in [0.25, 0.3) is 0 Å². The molecule has 110 valence electrons. The third-order valence-corrected chi connectivity index (χ3v) is 4.21. The number of para-hydroxylation sites is 1. The number of ether oxygens (including phenoxy) is 1. The highest BCUT2D eigenvalue weighted by atomic mass is 16.5. The molecule has 20 heavy (non-hydrogen) atoms. The monoisotopic (exact) mass is 275 g/mol. The van der Waals surface area contributed by atoms with Crippen molar-refractivity contribution in [3.63, 3.8) is 0 Å². The Morgan fingerprint density at radius 3 is 2.55 bits per heavy atom. The van der Waals surface area contributed by atoms with Crippen molar-refractivity contribution in [2.75, 3.05) is 6.61 Å². The van der Waals surface area contributed by atoms with Crippen molar-refractivity contribution in [2.24, 2.45) is 5.92 Å². The quantitative estimate of drug-likeness (QED) is 0.915. The van der Waals surface area contributed by atoms with Crippen LogP contribution >= 0.6 is 0 Å². The molecular weight excluding hydrogens is 250 g/mol. The van der Waals surface area contributed by atoms with E-state index in [0.717, 1.165) is 23.3 Å². The fourth-order valence-corrected chi connectivity index (χ4v) is 2.94. The van der Waals surface area contributed by atoms with Crippen LogP contribution in [0.15, 0.2) is 18.2 Å². The minimum atomic E-state index is -0.00796. The molecule has 2 atom stereocenters. The zero-order chi connectivity index (χ0) is 14.5. The number of carbonyl (C=O) groups is 1. The molecule has 0 unspecified atom stereocenters. The molecular formula is C17H25NO2. The summed E-state index contributed by atoms with van der Waals surface area (Å²) in [6.45, 7) is 6.33. The second kappa shape index (κ2) is 6.78. The Bertz CT molecular complexity index is 450. The molecule has 1 N–H and O–H groups in total. The molecule has 0 spiro atoms. The molecule has 1 aliphatic rings. The van der Waals surface area contributed by atoms with Gasteiger partial charge in [0.25, 0.3) is 5.91 Å². The lowest BCUT2D eigenvalue weighted by molar-refractivity contribution is -0.124. The summed E-state index contributed by atoms with van der Waals surface area (Å²) >= 11 is 0. The molecule has 1 amide bonds. The molecule has 0 radical (unpaired) electrons. The minimum absolute atomic E-state index is 0.00796. The number of rotatable bonds is 4. The Labute approximate surface area is 121 Å². The van der Waals surface area contributed by atoms with Crippen molar-refractivity contribution < 1.29 is 9.53 Å². The number of nitrogens with one attached hydrogen (secondary N) is 1. The van der Waals surface area contributed by atoms with E-state index in [-0.39, 0.29) is 12.5 Å². The minimum Gasteiger partial charge on any atom is -0.483 e. The lowest BCUT2D eigenvalue weighted by Crippen LogP contribution is -2.43. The second-order valence-electron chi connectivity index (χ2n) is 5.95. The van der Waals surface area contributed by atoms with Gasteiger partial charge in [0.2, 0.25) is 0 Å². The van der Waals surface area contributed by atoms with Gasteiger partial charge in [-0.15, -0.1) is 0 Å². The van der Waals surface area contributed by atoms with E-state index < -0.39 is 0 Å². The Morgan fingerprint density at radius 2 is 1.90 bits per heavy atom. The average molecular weight is 275 g/mol. The number of aryl methyl sites for hydroxylation is 2. The molecule has 0 aliphatic heterocycles. The van der Waals surface area contributed by atoms with E-state index in [2.05, 4.69) is 12.2 Å². The van der Waals surface area contributed by atoms with Crippen LogP contribution in [0.2, 0.25) is 0 Å². The Morgan fingerprint density at radius 1 is 1.25 bits per heavy atom. The molecule has 1 fully saturated rings. The predicted molar refractivity (Wildman–Crippen MR) is 81.0 cm³/mol. The molecule has 3 heteroatoms. The number of hydrogen-bond acceptors (Lipinski definition) is 2. The van der Waals surface area contributed by atoms with Crippen LogP contribution in [-0.2, 0) is 4.79 Å². The van der Waals surface area contributed by atoms with Gasteiger partial charge in [-0.1, -0.05) is 38.0 Å². The summed E-state index contributed by atoms with van der Waals surface area (Å²) in [6, 6.07) is 6.33. The fourth-order valence-electron chi connectivity index (χ4n) is 2.94. The van der Waals surface area contributed by atoms with E-state index in [1.807, 2.05) is 32.0 Å². The van der Waals surface area contributed by atoms with Crippen LogP contribution in [0.1, 0.15) is 43.7 Å². The molecule has 0 saturated heterocycles. The molecule has 1 aliphatic carbocycles. The van der Waals surface area contributed by atoms with Crippen LogP contribution in [0.3, 0.4) is 0 Å². The van der Waals surface area contributed by atoms with Crippen molar-refractivity contribution in [1.29, 1.82) is 0 Å². The van der Waals surface area contributed by atoms with Gasteiger partial charge in [-0.25, -0.2) is 0 Å². The third kappa shape index (κ3) is 3.75. The molecule has 0 bridgehead atoms. The number of hydrogen-bond donors (Lipinski definition) is 1. The van der Waals surface area contributed by atoms with E-state index in [4.69, 9.17) is 4.74 Å². The maximum atomic E-state index is 12.0. The highest BCUT2D eigenvalue weighted by Crippen LogP contribution is 2.24. The summed E-state index contributed by atoms with van der Waals surface area (Å²) in [5.41, 5.74) is 2.15. The Kier molecular flexibility index (Phi) is 5.05. The smallest absolute Gasteiger partial charge is 0.258 e. The van der Waals surface area contributed by atoms with Crippen LogP contribution in [0.5, 0.6) is 5.75 Å². The van der Waals surface area contributed by atoms with Crippen LogP contribution in [-0.4, -0.2) is 18.6 Å². The van der Waals surface area contributed by atoms with Gasteiger partial charge in [-0.3, -0.25) is 4.79 Å². The van der Waals surface area contributed by atoms with Gasteiger partial charge in [0.15, 0.2) is 6.61 Å².